The predicted octanol–water partition coefficient (Wildman–Crippen LogP) is -1.86. The molecular weight excluding hydrogens is 203 g/mol. The first-order valence-corrected chi connectivity index (χ1v) is 5.62. The first-order chi connectivity index (χ1) is 5.06. The summed E-state index contributed by atoms with van der Waals surface area (Å²) in [6, 6.07) is 0. The average Bonchev–Trinajstić information content (AvgIpc) is 1.85. The Kier molecular flexibility index (Phi) is 16.4. The molecule has 0 aliphatic rings. The van der Waals surface area contributed by atoms with Crippen LogP contribution >= 0.6 is 0 Å². The van der Waals surface area contributed by atoms with E-state index in [0.29, 0.717) is 6.42 Å². The van der Waals surface area contributed by atoms with Gasteiger partial charge in [0.1, 0.15) is 0 Å². The van der Waals surface area contributed by atoms with Crippen LogP contribution in [0.1, 0.15) is 40.5 Å². The largest absolute Gasteiger partial charge is 1.00 e. The van der Waals surface area contributed by atoms with Crippen molar-refractivity contribution in [3.05, 3.63) is 0 Å². The molecule has 0 rings (SSSR count). The maximum atomic E-state index is 10.2. The molecular formula is C7H19NaO4S. The minimum Gasteiger partial charge on any atom is -1.00 e. The van der Waals surface area contributed by atoms with Gasteiger partial charge in [0.2, 0.25) is 0 Å². The molecule has 0 aliphatic carbocycles. The topological polar surface area (TPSA) is 85.9 Å². The summed E-state index contributed by atoms with van der Waals surface area (Å²) in [5.74, 6) is -0.0866. The minimum atomic E-state index is -3.71. The van der Waals surface area contributed by atoms with Crippen molar-refractivity contribution in [3.8, 4) is 0 Å². The second kappa shape index (κ2) is 10.9. The standard InChI is InChI=1S/C7H16O3S.Na.H2O.H/c1-2-3-4-5-6-7-11(8,9)10;;;/h2-7H2,1H3,(H,8,9,10);;1H2;/q;+1;;-1. The molecule has 0 aliphatic heterocycles. The Morgan fingerprint density at radius 3 is 2.00 bits per heavy atom. The summed E-state index contributed by atoms with van der Waals surface area (Å²) in [4.78, 5) is 0. The van der Waals surface area contributed by atoms with E-state index in [1.807, 2.05) is 0 Å². The van der Waals surface area contributed by atoms with Crippen LogP contribution < -0.4 is 29.6 Å². The smallest absolute Gasteiger partial charge is 1.00 e. The molecule has 0 aromatic heterocycles. The van der Waals surface area contributed by atoms with E-state index in [0.717, 1.165) is 25.7 Å². The van der Waals surface area contributed by atoms with Gasteiger partial charge in [0, 0.05) is 0 Å². The van der Waals surface area contributed by atoms with Crippen LogP contribution in [-0.2, 0) is 10.1 Å². The maximum absolute atomic E-state index is 10.2. The Labute approximate surface area is 104 Å². The Balaban J connectivity index is -0.000000167. The van der Waals surface area contributed by atoms with E-state index in [2.05, 4.69) is 6.92 Å². The zero-order valence-electron chi connectivity index (χ0n) is 9.41. The van der Waals surface area contributed by atoms with Crippen molar-refractivity contribution in [1.29, 1.82) is 0 Å². The van der Waals surface area contributed by atoms with Gasteiger partial charge in [0.05, 0.1) is 5.75 Å². The third-order valence-electron chi connectivity index (χ3n) is 1.51. The summed E-state index contributed by atoms with van der Waals surface area (Å²) < 4.78 is 28.8. The molecule has 0 unspecified atom stereocenters. The van der Waals surface area contributed by atoms with Crippen molar-refractivity contribution < 1.29 is 49.4 Å². The van der Waals surface area contributed by atoms with Gasteiger partial charge in [-0.15, -0.1) is 0 Å². The second-order valence-corrected chi connectivity index (χ2v) is 4.27. The molecule has 0 aromatic carbocycles. The van der Waals surface area contributed by atoms with Crippen LogP contribution in [0.25, 0.3) is 0 Å². The number of unbranched alkanes of at least 4 members (excludes halogenated alkanes) is 4. The van der Waals surface area contributed by atoms with Gasteiger partial charge in [-0.2, -0.15) is 8.42 Å². The molecule has 0 fully saturated rings. The van der Waals surface area contributed by atoms with Crippen LogP contribution in [0.5, 0.6) is 0 Å². The van der Waals surface area contributed by atoms with Crippen molar-refractivity contribution in [2.24, 2.45) is 0 Å². The van der Waals surface area contributed by atoms with Crippen molar-refractivity contribution >= 4 is 10.1 Å². The molecule has 0 amide bonds. The number of hydrogen-bond acceptors (Lipinski definition) is 2. The van der Waals surface area contributed by atoms with Gasteiger partial charge in [-0.05, 0) is 6.42 Å². The SMILES string of the molecule is CCCCCCCS(=O)(=O)O.O.[H-].[Na+]. The zero-order valence-corrected chi connectivity index (χ0v) is 11.2. The van der Waals surface area contributed by atoms with E-state index in [9.17, 15) is 8.42 Å². The van der Waals surface area contributed by atoms with Gasteiger partial charge in [-0.3, -0.25) is 4.55 Å². The van der Waals surface area contributed by atoms with Crippen LogP contribution in [0.2, 0.25) is 0 Å². The first-order valence-electron chi connectivity index (χ1n) is 4.01. The molecule has 6 heteroatoms. The summed E-state index contributed by atoms with van der Waals surface area (Å²) in [7, 11) is -3.71. The van der Waals surface area contributed by atoms with Crippen LogP contribution in [0.4, 0.5) is 0 Å². The third-order valence-corrected chi connectivity index (χ3v) is 2.31. The quantitative estimate of drug-likeness (QED) is 0.325. The Morgan fingerprint density at radius 2 is 1.62 bits per heavy atom. The van der Waals surface area contributed by atoms with Crippen LogP contribution in [0.15, 0.2) is 0 Å². The number of rotatable bonds is 6. The normalized spacial score (nSPS) is 10.0. The van der Waals surface area contributed by atoms with Gasteiger partial charge < -0.3 is 6.90 Å². The molecule has 78 valence electrons. The summed E-state index contributed by atoms with van der Waals surface area (Å²) in [6.45, 7) is 2.10. The van der Waals surface area contributed by atoms with E-state index < -0.39 is 10.1 Å². The summed E-state index contributed by atoms with van der Waals surface area (Å²) in [6.07, 6.45) is 4.83. The van der Waals surface area contributed by atoms with E-state index in [4.69, 9.17) is 4.55 Å². The minimum absolute atomic E-state index is 0. The van der Waals surface area contributed by atoms with Gasteiger partial charge in [0.15, 0.2) is 0 Å². The molecule has 3 N–H and O–H groups in total. The van der Waals surface area contributed by atoms with Gasteiger partial charge in [-0.1, -0.05) is 32.6 Å². The molecule has 0 radical (unpaired) electrons. The average molecular weight is 222 g/mol. The molecule has 0 bridgehead atoms. The van der Waals surface area contributed by atoms with Gasteiger partial charge in [0.25, 0.3) is 10.1 Å². The van der Waals surface area contributed by atoms with E-state index >= 15 is 0 Å². The predicted molar refractivity (Wildman–Crippen MR) is 49.9 cm³/mol. The van der Waals surface area contributed by atoms with Crippen molar-refractivity contribution in [2.75, 3.05) is 5.75 Å². The summed E-state index contributed by atoms with van der Waals surface area (Å²) >= 11 is 0. The van der Waals surface area contributed by atoms with Crippen molar-refractivity contribution in [2.45, 2.75) is 39.0 Å². The van der Waals surface area contributed by atoms with E-state index in [-0.39, 0.29) is 42.2 Å². The van der Waals surface area contributed by atoms with Gasteiger partial charge in [-0.25, -0.2) is 0 Å². The molecule has 0 saturated heterocycles. The van der Waals surface area contributed by atoms with Crippen molar-refractivity contribution in [1.82, 2.24) is 0 Å². The third kappa shape index (κ3) is 19.3. The molecule has 0 heterocycles. The first kappa shape index (κ1) is 19.4. The Hall–Kier alpha value is 0.870. The Bertz CT molecular complexity index is 184. The fraction of sp³-hybridized carbons (Fsp3) is 1.00. The fourth-order valence-corrected chi connectivity index (χ4v) is 1.46. The zero-order chi connectivity index (χ0) is 8.74. The molecule has 4 nitrogen and oxygen atoms in total. The number of hydrogen-bond donors (Lipinski definition) is 1. The summed E-state index contributed by atoms with van der Waals surface area (Å²) in [5.41, 5.74) is 0. The molecule has 0 saturated carbocycles. The van der Waals surface area contributed by atoms with Crippen LogP contribution in [0, 0.1) is 0 Å². The Morgan fingerprint density at radius 1 is 1.15 bits per heavy atom. The molecule has 0 atom stereocenters. The summed E-state index contributed by atoms with van der Waals surface area (Å²) in [5, 5.41) is 0. The van der Waals surface area contributed by atoms with Crippen LogP contribution in [-0.4, -0.2) is 24.2 Å². The van der Waals surface area contributed by atoms with E-state index in [1.165, 1.54) is 0 Å². The molecule has 0 aromatic rings. The maximum Gasteiger partial charge on any atom is 1.00 e. The van der Waals surface area contributed by atoms with Gasteiger partial charge >= 0.3 is 29.6 Å². The van der Waals surface area contributed by atoms with Crippen LogP contribution in [0.3, 0.4) is 0 Å². The van der Waals surface area contributed by atoms with Crippen molar-refractivity contribution in [3.63, 3.8) is 0 Å². The van der Waals surface area contributed by atoms with E-state index in [1.54, 1.807) is 0 Å². The fourth-order valence-electron chi connectivity index (χ4n) is 0.888. The monoisotopic (exact) mass is 222 g/mol. The second-order valence-electron chi connectivity index (χ2n) is 2.70. The molecule has 0 spiro atoms. The molecule has 13 heavy (non-hydrogen) atoms.